The molecular weight excluding hydrogens is 467 g/mol. The minimum absolute atomic E-state index is 0.301. The van der Waals surface area contributed by atoms with Crippen LogP contribution < -0.4 is 19.1 Å². The normalized spacial score (nSPS) is 17.6. The van der Waals surface area contributed by atoms with Gasteiger partial charge in [0.1, 0.15) is 0 Å². The van der Waals surface area contributed by atoms with E-state index in [9.17, 15) is 0 Å². The Labute approximate surface area is 206 Å². The number of para-hydroxylation sites is 1. The first-order chi connectivity index (χ1) is 16.3. The molecular formula is C30H36N2Se. The fourth-order valence-corrected chi connectivity index (χ4v) is 7.57. The molecule has 0 spiro atoms. The first-order valence-electron chi connectivity index (χ1n) is 12.8. The van der Waals surface area contributed by atoms with Crippen molar-refractivity contribution in [3.63, 3.8) is 0 Å². The summed E-state index contributed by atoms with van der Waals surface area (Å²) in [6, 6.07) is 30.4. The monoisotopic (exact) mass is 504 g/mol. The third-order valence-electron chi connectivity index (χ3n) is 7.17. The summed E-state index contributed by atoms with van der Waals surface area (Å²) < 4.78 is 2.90. The van der Waals surface area contributed by atoms with Crippen LogP contribution in [-0.2, 0) is 0 Å². The molecule has 33 heavy (non-hydrogen) atoms. The van der Waals surface area contributed by atoms with Crippen molar-refractivity contribution in [2.75, 3.05) is 10.2 Å². The minimum atomic E-state index is 0.301. The average molecular weight is 504 g/mol. The first kappa shape index (κ1) is 22.6. The SMILES string of the molecule is c1ccc(Nc2cc([Se]c3ccccc3)cc(N(C3CCCCC3)C3CCCCC3)c2)cc1. The van der Waals surface area contributed by atoms with Gasteiger partial charge in [-0.1, -0.05) is 0 Å². The maximum absolute atomic E-state index is 3.71. The third kappa shape index (κ3) is 6.02. The van der Waals surface area contributed by atoms with E-state index >= 15 is 0 Å². The third-order valence-corrected chi connectivity index (χ3v) is 9.22. The van der Waals surface area contributed by atoms with E-state index in [-0.39, 0.29) is 0 Å². The Hall–Kier alpha value is -2.22. The molecule has 0 heterocycles. The fourth-order valence-electron chi connectivity index (χ4n) is 5.61. The van der Waals surface area contributed by atoms with Crippen molar-refractivity contribution in [2.45, 2.75) is 76.3 Å². The van der Waals surface area contributed by atoms with Gasteiger partial charge in [-0.2, -0.15) is 0 Å². The van der Waals surface area contributed by atoms with Gasteiger partial charge in [0.25, 0.3) is 0 Å². The molecule has 0 unspecified atom stereocenters. The molecule has 5 rings (SSSR count). The summed E-state index contributed by atoms with van der Waals surface area (Å²) in [4.78, 5) is 2.87. The first-order valence-corrected chi connectivity index (χ1v) is 14.5. The van der Waals surface area contributed by atoms with Gasteiger partial charge in [-0.15, -0.1) is 0 Å². The van der Waals surface area contributed by atoms with Crippen molar-refractivity contribution in [3.8, 4) is 0 Å². The molecule has 2 aliphatic carbocycles. The molecule has 0 amide bonds. The van der Waals surface area contributed by atoms with Gasteiger partial charge in [0.05, 0.1) is 0 Å². The number of rotatable bonds is 7. The molecule has 2 aliphatic rings. The van der Waals surface area contributed by atoms with Gasteiger partial charge in [-0.05, 0) is 0 Å². The zero-order valence-corrected chi connectivity index (χ0v) is 21.3. The van der Waals surface area contributed by atoms with Crippen molar-refractivity contribution < 1.29 is 0 Å². The summed E-state index contributed by atoms with van der Waals surface area (Å²) in [5, 5.41) is 3.71. The standard InChI is InChI=1S/C30H36N2Se/c1-5-13-24(14-6-1)31-25-21-28(23-30(22-25)33-29-19-11-4-12-20-29)32(26-15-7-2-8-16-26)27-17-9-3-10-18-27/h1,4-6,11-14,19-23,26-27,31H,2-3,7-10,15-18H2. The van der Waals surface area contributed by atoms with Gasteiger partial charge in [0.15, 0.2) is 0 Å². The summed E-state index contributed by atoms with van der Waals surface area (Å²) in [5.41, 5.74) is 3.83. The van der Waals surface area contributed by atoms with Gasteiger partial charge in [-0.25, -0.2) is 0 Å². The van der Waals surface area contributed by atoms with Gasteiger partial charge >= 0.3 is 206 Å². The summed E-state index contributed by atoms with van der Waals surface area (Å²) >= 11 is 0.301. The van der Waals surface area contributed by atoms with Crippen LogP contribution in [0.2, 0.25) is 0 Å². The van der Waals surface area contributed by atoms with Crippen LogP contribution in [0, 0.1) is 0 Å². The van der Waals surface area contributed by atoms with Crippen LogP contribution in [0.15, 0.2) is 78.9 Å². The predicted octanol–water partition coefficient (Wildman–Crippen LogP) is 6.56. The van der Waals surface area contributed by atoms with E-state index in [0.29, 0.717) is 27.0 Å². The summed E-state index contributed by atoms with van der Waals surface area (Å²) in [6.45, 7) is 0. The van der Waals surface area contributed by atoms with Gasteiger partial charge in [-0.3, -0.25) is 0 Å². The summed E-state index contributed by atoms with van der Waals surface area (Å²) in [6.07, 6.45) is 13.8. The second-order valence-electron chi connectivity index (χ2n) is 9.61. The molecule has 0 bridgehead atoms. The molecule has 172 valence electrons. The van der Waals surface area contributed by atoms with Crippen LogP contribution in [0.5, 0.6) is 0 Å². The molecule has 2 saturated carbocycles. The van der Waals surface area contributed by atoms with Crippen molar-refractivity contribution in [3.05, 3.63) is 78.9 Å². The number of hydrogen-bond donors (Lipinski definition) is 1. The van der Waals surface area contributed by atoms with Crippen LogP contribution >= 0.6 is 0 Å². The Morgan fingerprint density at radius 1 is 0.576 bits per heavy atom. The number of nitrogens with zero attached hydrogens (tertiary/aromatic N) is 1. The van der Waals surface area contributed by atoms with E-state index in [1.165, 1.54) is 84.5 Å². The Kier molecular flexibility index (Phi) is 7.71. The van der Waals surface area contributed by atoms with E-state index in [2.05, 4.69) is 89.1 Å². The number of benzene rings is 3. The molecule has 0 aliphatic heterocycles. The Bertz CT molecular complexity index is 915. The fraction of sp³-hybridized carbons (Fsp3) is 0.400. The van der Waals surface area contributed by atoms with Gasteiger partial charge in [0, 0.05) is 0 Å². The molecule has 3 aromatic carbocycles. The Balaban J connectivity index is 1.51. The Morgan fingerprint density at radius 2 is 1.15 bits per heavy atom. The molecule has 0 radical (unpaired) electrons. The number of hydrogen-bond acceptors (Lipinski definition) is 2. The van der Waals surface area contributed by atoms with E-state index in [1.54, 1.807) is 0 Å². The number of nitrogens with one attached hydrogen (secondary N) is 1. The van der Waals surface area contributed by atoms with Crippen LogP contribution in [0.3, 0.4) is 0 Å². The van der Waals surface area contributed by atoms with Crippen molar-refractivity contribution in [1.29, 1.82) is 0 Å². The molecule has 0 aromatic heterocycles. The van der Waals surface area contributed by atoms with Crippen molar-refractivity contribution >= 4 is 40.9 Å². The molecule has 2 fully saturated rings. The zero-order valence-electron chi connectivity index (χ0n) is 19.6. The van der Waals surface area contributed by atoms with E-state index in [4.69, 9.17) is 0 Å². The molecule has 0 atom stereocenters. The Morgan fingerprint density at radius 3 is 1.76 bits per heavy atom. The zero-order chi connectivity index (χ0) is 22.3. The average Bonchev–Trinajstić information content (AvgIpc) is 2.87. The molecule has 2 nitrogen and oxygen atoms in total. The maximum atomic E-state index is 3.71. The molecule has 1 N–H and O–H groups in total. The second-order valence-corrected chi connectivity index (χ2v) is 12.0. The van der Waals surface area contributed by atoms with E-state index in [1.807, 2.05) is 0 Å². The van der Waals surface area contributed by atoms with Crippen molar-refractivity contribution in [2.24, 2.45) is 0 Å². The second kappa shape index (κ2) is 11.3. The van der Waals surface area contributed by atoms with Gasteiger partial charge < -0.3 is 0 Å². The molecule has 0 saturated heterocycles. The quantitative estimate of drug-likeness (QED) is 0.368. The van der Waals surface area contributed by atoms with Crippen molar-refractivity contribution in [1.82, 2.24) is 0 Å². The molecule has 3 aromatic rings. The van der Waals surface area contributed by atoms with Crippen LogP contribution in [0.25, 0.3) is 0 Å². The van der Waals surface area contributed by atoms with Crippen LogP contribution in [0.4, 0.5) is 17.1 Å². The van der Waals surface area contributed by atoms with Crippen LogP contribution in [0.1, 0.15) is 64.2 Å². The number of anilines is 3. The molecule has 3 heteroatoms. The van der Waals surface area contributed by atoms with E-state index in [0.717, 1.165) is 5.69 Å². The predicted molar refractivity (Wildman–Crippen MR) is 144 cm³/mol. The summed E-state index contributed by atoms with van der Waals surface area (Å²) in [5.74, 6) is 0. The summed E-state index contributed by atoms with van der Waals surface area (Å²) in [7, 11) is 0. The topological polar surface area (TPSA) is 15.3 Å². The van der Waals surface area contributed by atoms with Crippen LogP contribution in [-0.4, -0.2) is 27.0 Å². The van der Waals surface area contributed by atoms with E-state index < -0.39 is 0 Å². The van der Waals surface area contributed by atoms with Gasteiger partial charge in [0.2, 0.25) is 0 Å².